The molecule has 3 heterocycles. The molecule has 0 aliphatic carbocycles. The molecule has 3 aromatic rings. The van der Waals surface area contributed by atoms with Crippen molar-refractivity contribution in [2.45, 2.75) is 26.5 Å². The molecule has 134 valence electrons. The van der Waals surface area contributed by atoms with Gasteiger partial charge in [0, 0.05) is 11.4 Å². The molecular formula is C18H18N4O3S. The zero-order chi connectivity index (χ0) is 17.9. The summed E-state index contributed by atoms with van der Waals surface area (Å²) in [6.07, 6.45) is 0.760. The summed E-state index contributed by atoms with van der Waals surface area (Å²) in [7, 11) is 0. The minimum atomic E-state index is -0.272. The van der Waals surface area contributed by atoms with Crippen LogP contribution in [-0.2, 0) is 24.3 Å². The fourth-order valence-corrected chi connectivity index (χ4v) is 4.04. The van der Waals surface area contributed by atoms with Crippen LogP contribution >= 0.6 is 11.3 Å². The molecule has 26 heavy (non-hydrogen) atoms. The van der Waals surface area contributed by atoms with Crippen molar-refractivity contribution in [3.8, 4) is 11.5 Å². The van der Waals surface area contributed by atoms with Gasteiger partial charge in [-0.05, 0) is 24.5 Å². The topological polar surface area (TPSA) is 89.3 Å². The SMILES string of the molecule is Cc1noc(-c2c(NC(=O)NCc3ccccc3)sc3c2CCOC3)n1. The molecule has 0 spiro atoms. The Labute approximate surface area is 154 Å². The molecule has 0 atom stereocenters. The number of carbonyl (C=O) groups excluding carboxylic acids is 1. The monoisotopic (exact) mass is 370 g/mol. The molecule has 0 saturated heterocycles. The predicted molar refractivity (Wildman–Crippen MR) is 98.0 cm³/mol. The summed E-state index contributed by atoms with van der Waals surface area (Å²) >= 11 is 1.49. The van der Waals surface area contributed by atoms with E-state index >= 15 is 0 Å². The Hall–Kier alpha value is -2.71. The van der Waals surface area contributed by atoms with Crippen LogP contribution in [0.25, 0.3) is 11.5 Å². The third kappa shape index (κ3) is 3.47. The molecule has 0 bridgehead atoms. The maximum Gasteiger partial charge on any atom is 0.320 e. The van der Waals surface area contributed by atoms with Crippen LogP contribution in [0, 0.1) is 6.92 Å². The number of aromatic nitrogens is 2. The molecule has 2 amide bonds. The summed E-state index contributed by atoms with van der Waals surface area (Å²) in [5, 5.41) is 10.4. The molecule has 1 aromatic carbocycles. The van der Waals surface area contributed by atoms with Gasteiger partial charge < -0.3 is 14.6 Å². The molecule has 1 aliphatic heterocycles. The average Bonchev–Trinajstić information content (AvgIpc) is 3.23. The zero-order valence-corrected chi connectivity index (χ0v) is 15.1. The van der Waals surface area contributed by atoms with Crippen LogP contribution < -0.4 is 10.6 Å². The summed E-state index contributed by atoms with van der Waals surface area (Å²) in [6.45, 7) is 3.40. The normalized spacial score (nSPS) is 13.3. The van der Waals surface area contributed by atoms with Crippen molar-refractivity contribution in [1.29, 1.82) is 0 Å². The van der Waals surface area contributed by atoms with Crippen molar-refractivity contribution >= 4 is 22.4 Å². The lowest BCUT2D eigenvalue weighted by Crippen LogP contribution is -2.28. The Kier molecular flexibility index (Phi) is 4.68. The maximum atomic E-state index is 12.4. The van der Waals surface area contributed by atoms with E-state index in [4.69, 9.17) is 9.26 Å². The van der Waals surface area contributed by atoms with Crippen LogP contribution in [0.3, 0.4) is 0 Å². The van der Waals surface area contributed by atoms with E-state index in [-0.39, 0.29) is 6.03 Å². The Morgan fingerprint density at radius 1 is 1.31 bits per heavy atom. The van der Waals surface area contributed by atoms with E-state index in [1.165, 1.54) is 11.3 Å². The Morgan fingerprint density at radius 3 is 2.92 bits per heavy atom. The van der Waals surface area contributed by atoms with Crippen LogP contribution in [0.4, 0.5) is 9.80 Å². The predicted octanol–water partition coefficient (Wildman–Crippen LogP) is 3.50. The number of aryl methyl sites for hydroxylation is 1. The number of nitrogens with zero attached hydrogens (tertiary/aromatic N) is 2. The van der Waals surface area contributed by atoms with E-state index < -0.39 is 0 Å². The van der Waals surface area contributed by atoms with Crippen LogP contribution in [0.1, 0.15) is 21.8 Å². The Bertz CT molecular complexity index is 920. The van der Waals surface area contributed by atoms with Crippen molar-refractivity contribution < 1.29 is 14.1 Å². The second kappa shape index (κ2) is 7.27. The Balaban J connectivity index is 1.56. The van der Waals surface area contributed by atoms with Gasteiger partial charge in [-0.3, -0.25) is 5.32 Å². The zero-order valence-electron chi connectivity index (χ0n) is 14.2. The number of hydrogen-bond acceptors (Lipinski definition) is 6. The van der Waals surface area contributed by atoms with E-state index in [1.54, 1.807) is 6.92 Å². The molecule has 2 aromatic heterocycles. The lowest BCUT2D eigenvalue weighted by molar-refractivity contribution is 0.113. The highest BCUT2D eigenvalue weighted by Gasteiger charge is 2.26. The van der Waals surface area contributed by atoms with Gasteiger partial charge in [0.25, 0.3) is 5.89 Å². The smallest absolute Gasteiger partial charge is 0.320 e. The number of rotatable bonds is 4. The first-order valence-corrected chi connectivity index (χ1v) is 9.14. The molecule has 4 rings (SSSR count). The van der Waals surface area contributed by atoms with E-state index in [0.717, 1.165) is 28.0 Å². The van der Waals surface area contributed by atoms with Crippen LogP contribution in [0.5, 0.6) is 0 Å². The van der Waals surface area contributed by atoms with Gasteiger partial charge in [0.1, 0.15) is 5.00 Å². The molecule has 0 radical (unpaired) electrons. The first-order chi connectivity index (χ1) is 12.7. The quantitative estimate of drug-likeness (QED) is 0.734. The average molecular weight is 370 g/mol. The number of fused-ring (bicyclic) bond motifs is 1. The number of nitrogens with one attached hydrogen (secondary N) is 2. The maximum absolute atomic E-state index is 12.4. The highest BCUT2D eigenvalue weighted by atomic mass is 32.1. The van der Waals surface area contributed by atoms with Crippen LogP contribution in [-0.4, -0.2) is 22.8 Å². The fourth-order valence-electron chi connectivity index (χ4n) is 2.87. The number of carbonyl (C=O) groups is 1. The summed E-state index contributed by atoms with van der Waals surface area (Å²) in [5.41, 5.74) is 2.96. The molecule has 2 N–H and O–H groups in total. The summed E-state index contributed by atoms with van der Waals surface area (Å²) in [6, 6.07) is 9.49. The van der Waals surface area contributed by atoms with Gasteiger partial charge in [-0.15, -0.1) is 11.3 Å². The van der Waals surface area contributed by atoms with Crippen molar-refractivity contribution in [1.82, 2.24) is 15.5 Å². The summed E-state index contributed by atoms with van der Waals surface area (Å²) in [5.74, 6) is 0.992. The standard InChI is InChI=1S/C18H18N4O3S/c1-11-20-16(25-22-11)15-13-7-8-24-10-14(13)26-17(15)21-18(23)19-9-12-5-3-2-4-6-12/h2-6H,7-10H2,1H3,(H2,19,21,23). The minimum Gasteiger partial charge on any atom is -0.376 e. The van der Waals surface area contributed by atoms with Crippen molar-refractivity contribution in [3.63, 3.8) is 0 Å². The lowest BCUT2D eigenvalue weighted by atomic mass is 10.1. The first kappa shape index (κ1) is 16.7. The highest BCUT2D eigenvalue weighted by Crippen LogP contribution is 2.42. The minimum absolute atomic E-state index is 0.272. The van der Waals surface area contributed by atoms with Crippen molar-refractivity contribution in [2.75, 3.05) is 11.9 Å². The molecule has 7 nitrogen and oxygen atoms in total. The number of urea groups is 1. The number of thiophene rings is 1. The van der Waals surface area contributed by atoms with E-state index in [1.807, 2.05) is 30.3 Å². The summed E-state index contributed by atoms with van der Waals surface area (Å²) in [4.78, 5) is 17.8. The number of amides is 2. The van der Waals surface area contributed by atoms with Gasteiger partial charge in [-0.2, -0.15) is 4.98 Å². The second-order valence-corrected chi connectivity index (χ2v) is 7.06. The molecule has 0 saturated carbocycles. The van der Waals surface area contributed by atoms with Gasteiger partial charge in [0.05, 0.1) is 18.8 Å². The first-order valence-electron chi connectivity index (χ1n) is 8.32. The van der Waals surface area contributed by atoms with Gasteiger partial charge in [-0.25, -0.2) is 4.79 Å². The molecule has 0 unspecified atom stereocenters. The van der Waals surface area contributed by atoms with Gasteiger partial charge >= 0.3 is 6.03 Å². The summed E-state index contributed by atoms with van der Waals surface area (Å²) < 4.78 is 10.9. The number of ether oxygens (including phenoxy) is 1. The third-order valence-corrected chi connectivity index (χ3v) is 5.21. The molecular weight excluding hydrogens is 352 g/mol. The van der Waals surface area contributed by atoms with E-state index in [9.17, 15) is 4.79 Å². The van der Waals surface area contributed by atoms with Crippen LogP contribution in [0.2, 0.25) is 0 Å². The Morgan fingerprint density at radius 2 is 2.15 bits per heavy atom. The second-order valence-electron chi connectivity index (χ2n) is 5.95. The highest BCUT2D eigenvalue weighted by molar-refractivity contribution is 7.17. The van der Waals surface area contributed by atoms with Gasteiger partial charge in [0.2, 0.25) is 0 Å². The number of anilines is 1. The number of benzene rings is 1. The number of hydrogen-bond donors (Lipinski definition) is 2. The molecule has 0 fully saturated rings. The van der Waals surface area contributed by atoms with Crippen LogP contribution in [0.15, 0.2) is 34.9 Å². The lowest BCUT2D eigenvalue weighted by Gasteiger charge is -2.12. The molecule has 1 aliphatic rings. The largest absolute Gasteiger partial charge is 0.376 e. The fraction of sp³-hybridized carbons (Fsp3) is 0.278. The van der Waals surface area contributed by atoms with Gasteiger partial charge in [-0.1, -0.05) is 35.5 Å². The van der Waals surface area contributed by atoms with E-state index in [0.29, 0.717) is 36.5 Å². The third-order valence-electron chi connectivity index (χ3n) is 4.08. The van der Waals surface area contributed by atoms with Gasteiger partial charge in [0.15, 0.2) is 5.82 Å². The molecule has 8 heteroatoms. The van der Waals surface area contributed by atoms with E-state index in [2.05, 4.69) is 20.8 Å². The van der Waals surface area contributed by atoms with Crippen molar-refractivity contribution in [2.24, 2.45) is 0 Å². The van der Waals surface area contributed by atoms with Crippen molar-refractivity contribution in [3.05, 3.63) is 52.2 Å².